The number of ether oxygens (including phenoxy) is 3. The first-order valence-electron chi connectivity index (χ1n) is 7.80. The maximum Gasteiger partial charge on any atom is 0.193 e. The zero-order valence-corrected chi connectivity index (χ0v) is 15.2. The molecule has 0 bridgehead atoms. The minimum absolute atomic E-state index is 0.201. The normalized spacial score (nSPS) is 10.6. The second-order valence-electron chi connectivity index (χ2n) is 5.59. The van der Waals surface area contributed by atoms with Crippen molar-refractivity contribution in [2.75, 3.05) is 40.3 Å². The lowest BCUT2D eigenvalue weighted by Gasteiger charge is -2.13. The third-order valence-electron chi connectivity index (χ3n) is 3.80. The molecular weight excluding hydrogens is 318 g/mol. The van der Waals surface area contributed by atoms with Crippen molar-refractivity contribution >= 4 is 17.5 Å². The molecule has 0 fully saturated rings. The number of benzene rings is 2. The molecule has 0 aliphatic carbocycles. The molecule has 25 heavy (non-hydrogen) atoms. The van der Waals surface area contributed by atoms with Crippen LogP contribution in [0.3, 0.4) is 0 Å². The van der Waals surface area contributed by atoms with Gasteiger partial charge < -0.3 is 19.1 Å². The van der Waals surface area contributed by atoms with Gasteiger partial charge in [-0.2, -0.15) is 0 Å². The lowest BCUT2D eigenvalue weighted by Crippen LogP contribution is -2.07. The predicted octanol–water partition coefficient (Wildman–Crippen LogP) is 3.67. The van der Waals surface area contributed by atoms with Gasteiger partial charge in [0.25, 0.3) is 0 Å². The lowest BCUT2D eigenvalue weighted by atomic mass is 10.1. The number of hydrogen-bond acceptors (Lipinski definition) is 5. The van der Waals surface area contributed by atoms with E-state index in [9.17, 15) is 4.79 Å². The topological polar surface area (TPSA) is 48.0 Å². The molecule has 2 rings (SSSR count). The van der Waals surface area contributed by atoms with Gasteiger partial charge in [-0.05, 0) is 23.8 Å². The van der Waals surface area contributed by atoms with E-state index >= 15 is 0 Å². The van der Waals surface area contributed by atoms with Gasteiger partial charge in [0.2, 0.25) is 0 Å². The van der Waals surface area contributed by atoms with Gasteiger partial charge >= 0.3 is 0 Å². The molecule has 0 heterocycles. The first-order valence-corrected chi connectivity index (χ1v) is 7.80. The second kappa shape index (κ2) is 8.24. The number of nitrogens with zero attached hydrogens (tertiary/aromatic N) is 1. The van der Waals surface area contributed by atoms with Crippen LogP contribution in [0.5, 0.6) is 17.2 Å². The van der Waals surface area contributed by atoms with Crippen LogP contribution in [-0.2, 0) is 0 Å². The Morgan fingerprint density at radius 2 is 1.48 bits per heavy atom. The molecule has 5 heteroatoms. The van der Waals surface area contributed by atoms with Crippen molar-refractivity contribution < 1.29 is 19.0 Å². The summed E-state index contributed by atoms with van der Waals surface area (Å²) in [6.07, 6.45) is 3.28. The van der Waals surface area contributed by atoms with Crippen molar-refractivity contribution in [2.45, 2.75) is 0 Å². The number of rotatable bonds is 7. The minimum Gasteiger partial charge on any atom is -0.496 e. The first-order chi connectivity index (χ1) is 12.0. The maximum absolute atomic E-state index is 12.7. The van der Waals surface area contributed by atoms with Gasteiger partial charge in [0, 0.05) is 31.9 Å². The minimum atomic E-state index is -0.201. The van der Waals surface area contributed by atoms with Crippen molar-refractivity contribution in [1.82, 2.24) is 0 Å². The number of anilines is 1. The van der Waals surface area contributed by atoms with E-state index < -0.39 is 0 Å². The van der Waals surface area contributed by atoms with Crippen molar-refractivity contribution in [3.8, 4) is 17.2 Å². The number of ketones is 1. The Balaban J connectivity index is 2.30. The van der Waals surface area contributed by atoms with E-state index in [0.717, 1.165) is 11.3 Å². The lowest BCUT2D eigenvalue weighted by molar-refractivity contribution is 0.104. The number of carbonyl (C=O) groups excluding carboxylic acids is 1. The molecule has 0 aliphatic heterocycles. The van der Waals surface area contributed by atoms with E-state index in [1.165, 1.54) is 20.3 Å². The number of methoxy groups -OCH3 is 3. The Hall–Kier alpha value is -2.95. The highest BCUT2D eigenvalue weighted by Gasteiger charge is 2.18. The average Bonchev–Trinajstić information content (AvgIpc) is 2.65. The van der Waals surface area contributed by atoms with Gasteiger partial charge in [0.1, 0.15) is 22.8 Å². The van der Waals surface area contributed by atoms with Crippen LogP contribution in [0.15, 0.2) is 42.5 Å². The molecule has 0 amide bonds. The summed E-state index contributed by atoms with van der Waals surface area (Å²) < 4.78 is 15.9. The summed E-state index contributed by atoms with van der Waals surface area (Å²) >= 11 is 0. The van der Waals surface area contributed by atoms with Crippen LogP contribution in [0.1, 0.15) is 15.9 Å². The van der Waals surface area contributed by atoms with E-state index in [1.807, 2.05) is 43.3 Å². The Morgan fingerprint density at radius 3 is 1.92 bits per heavy atom. The summed E-state index contributed by atoms with van der Waals surface area (Å²) in [5, 5.41) is 0. The largest absolute Gasteiger partial charge is 0.496 e. The number of carbonyl (C=O) groups is 1. The summed E-state index contributed by atoms with van der Waals surface area (Å²) in [7, 11) is 8.53. The molecule has 0 radical (unpaired) electrons. The fraction of sp³-hybridized carbons (Fsp3) is 0.250. The smallest absolute Gasteiger partial charge is 0.193 e. The molecular formula is C20H23NO4. The number of allylic oxidation sites excluding steroid dienone is 1. The summed E-state index contributed by atoms with van der Waals surface area (Å²) in [5.41, 5.74) is 2.40. The van der Waals surface area contributed by atoms with E-state index in [1.54, 1.807) is 25.3 Å². The van der Waals surface area contributed by atoms with Crippen LogP contribution in [0.4, 0.5) is 5.69 Å². The molecule has 0 aromatic heterocycles. The second-order valence-corrected chi connectivity index (χ2v) is 5.59. The van der Waals surface area contributed by atoms with Crippen LogP contribution in [0.2, 0.25) is 0 Å². The van der Waals surface area contributed by atoms with Gasteiger partial charge in [0.15, 0.2) is 5.78 Å². The van der Waals surface area contributed by atoms with Crippen LogP contribution < -0.4 is 19.1 Å². The monoisotopic (exact) mass is 341 g/mol. The highest BCUT2D eigenvalue weighted by atomic mass is 16.5. The predicted molar refractivity (Wildman–Crippen MR) is 100 cm³/mol. The fourth-order valence-electron chi connectivity index (χ4n) is 2.39. The molecule has 0 atom stereocenters. The molecule has 0 unspecified atom stereocenters. The van der Waals surface area contributed by atoms with E-state index in [-0.39, 0.29) is 5.78 Å². The molecule has 0 N–H and O–H groups in total. The van der Waals surface area contributed by atoms with Crippen LogP contribution in [0, 0.1) is 0 Å². The summed E-state index contributed by atoms with van der Waals surface area (Å²) in [6, 6.07) is 11.2. The van der Waals surface area contributed by atoms with Crippen LogP contribution in [-0.4, -0.2) is 41.2 Å². The van der Waals surface area contributed by atoms with Gasteiger partial charge in [-0.25, -0.2) is 0 Å². The summed E-state index contributed by atoms with van der Waals surface area (Å²) in [4.78, 5) is 14.7. The SMILES string of the molecule is COc1cc(OC)c(C(=O)C=Cc2ccc(N(C)C)cc2)c(OC)c1. The molecule has 0 saturated heterocycles. The van der Waals surface area contributed by atoms with Gasteiger partial charge in [-0.1, -0.05) is 18.2 Å². The molecule has 2 aromatic carbocycles. The number of hydrogen-bond donors (Lipinski definition) is 0. The summed E-state index contributed by atoms with van der Waals surface area (Å²) in [6.45, 7) is 0. The van der Waals surface area contributed by atoms with Gasteiger partial charge in [0.05, 0.1) is 21.3 Å². The zero-order chi connectivity index (χ0) is 18.4. The molecule has 132 valence electrons. The summed E-state index contributed by atoms with van der Waals surface area (Å²) in [5.74, 6) is 1.18. The highest BCUT2D eigenvalue weighted by molar-refractivity contribution is 6.10. The first kappa shape index (κ1) is 18.4. The third-order valence-corrected chi connectivity index (χ3v) is 3.80. The van der Waals surface area contributed by atoms with Crippen molar-refractivity contribution in [1.29, 1.82) is 0 Å². The van der Waals surface area contributed by atoms with E-state index in [4.69, 9.17) is 14.2 Å². The average molecular weight is 341 g/mol. The Morgan fingerprint density at radius 1 is 0.920 bits per heavy atom. The molecule has 2 aromatic rings. The maximum atomic E-state index is 12.7. The van der Waals surface area contributed by atoms with Crippen molar-refractivity contribution in [3.05, 3.63) is 53.6 Å². The Bertz CT molecular complexity index is 739. The highest BCUT2D eigenvalue weighted by Crippen LogP contribution is 2.34. The molecule has 0 spiro atoms. The van der Waals surface area contributed by atoms with Crippen molar-refractivity contribution in [3.63, 3.8) is 0 Å². The van der Waals surface area contributed by atoms with Gasteiger partial charge in [-0.3, -0.25) is 4.79 Å². The van der Waals surface area contributed by atoms with Crippen molar-refractivity contribution in [2.24, 2.45) is 0 Å². The van der Waals surface area contributed by atoms with Gasteiger partial charge in [-0.15, -0.1) is 0 Å². The third kappa shape index (κ3) is 4.32. The molecule has 5 nitrogen and oxygen atoms in total. The fourth-order valence-corrected chi connectivity index (χ4v) is 2.39. The van der Waals surface area contributed by atoms with Crippen LogP contribution in [0.25, 0.3) is 6.08 Å². The molecule has 0 aliphatic rings. The van der Waals surface area contributed by atoms with E-state index in [0.29, 0.717) is 22.8 Å². The van der Waals surface area contributed by atoms with E-state index in [2.05, 4.69) is 0 Å². The molecule has 0 saturated carbocycles. The Labute approximate surface area is 148 Å². The zero-order valence-electron chi connectivity index (χ0n) is 15.2. The quantitative estimate of drug-likeness (QED) is 0.568. The van der Waals surface area contributed by atoms with Crippen LogP contribution >= 0.6 is 0 Å². The Kier molecular flexibility index (Phi) is 6.06. The standard InChI is InChI=1S/C20H23NO4/c1-21(2)15-9-6-14(7-10-15)8-11-17(22)20-18(24-4)12-16(23-3)13-19(20)25-5/h6-13H,1-5H3.